The summed E-state index contributed by atoms with van der Waals surface area (Å²) in [5.41, 5.74) is 6.18. The van der Waals surface area contributed by atoms with Gasteiger partial charge in [-0.05, 0) is 19.1 Å². The average molecular weight is 201 g/mol. The Labute approximate surface area is 83.6 Å². The van der Waals surface area contributed by atoms with E-state index in [0.717, 1.165) is 5.69 Å². The van der Waals surface area contributed by atoms with Crippen molar-refractivity contribution in [3.8, 4) is 0 Å². The topological polar surface area (TPSA) is 107 Å². The first-order valence-corrected chi connectivity index (χ1v) is 4.00. The molecule has 0 radical (unpaired) electrons. The van der Waals surface area contributed by atoms with E-state index in [-0.39, 0.29) is 6.61 Å². The largest absolute Gasteiger partial charge is 0.631 e. The molecule has 1 aromatic carbocycles. The highest BCUT2D eigenvalue weighted by molar-refractivity contribution is 6.30. The number of nitrogen functional groups attached to an aromatic ring is 1. The molecule has 0 saturated carbocycles. The number of hydrogen-bond acceptors (Lipinski definition) is 5. The van der Waals surface area contributed by atoms with Gasteiger partial charge in [0, 0.05) is 12.3 Å². The Bertz CT molecular complexity index is 193. The molecular formula is C8H16BNO4. The highest BCUT2D eigenvalue weighted by atomic mass is 16.5. The van der Waals surface area contributed by atoms with Crippen LogP contribution in [0, 0.1) is 0 Å². The van der Waals surface area contributed by atoms with E-state index in [0.29, 0.717) is 0 Å². The molecule has 6 N–H and O–H groups in total. The van der Waals surface area contributed by atoms with Gasteiger partial charge in [0.25, 0.3) is 0 Å². The van der Waals surface area contributed by atoms with Gasteiger partial charge in [-0.1, -0.05) is 18.2 Å². The summed E-state index contributed by atoms with van der Waals surface area (Å²) in [6, 6.07) is 9.49. The lowest BCUT2D eigenvalue weighted by molar-refractivity contribution is 0.278. The maximum absolute atomic E-state index is 7.57. The molecule has 0 spiro atoms. The second kappa shape index (κ2) is 11.9. The number of hydrogen-bond donors (Lipinski definition) is 5. The van der Waals surface area contributed by atoms with Crippen LogP contribution in [0.1, 0.15) is 6.92 Å². The normalized spacial score (nSPS) is 7.50. The summed E-state index contributed by atoms with van der Waals surface area (Å²) in [5.74, 6) is 0. The van der Waals surface area contributed by atoms with Gasteiger partial charge in [-0.3, -0.25) is 0 Å². The molecule has 0 atom stereocenters. The van der Waals surface area contributed by atoms with Crippen LogP contribution in [-0.4, -0.2) is 34.1 Å². The zero-order valence-corrected chi connectivity index (χ0v) is 8.04. The molecule has 0 amide bonds. The van der Waals surface area contributed by atoms with Gasteiger partial charge < -0.3 is 25.9 Å². The lowest BCUT2D eigenvalue weighted by Crippen LogP contribution is -2.07. The lowest BCUT2D eigenvalue weighted by atomic mass is 10.3. The van der Waals surface area contributed by atoms with Gasteiger partial charge in [0.2, 0.25) is 0 Å². The van der Waals surface area contributed by atoms with Crippen molar-refractivity contribution >= 4 is 13.0 Å². The molecule has 0 heterocycles. The van der Waals surface area contributed by atoms with E-state index >= 15 is 0 Å². The molecule has 1 rings (SSSR count). The Morgan fingerprint density at radius 2 is 1.43 bits per heavy atom. The molecule has 80 valence electrons. The first kappa shape index (κ1) is 15.4. The number of para-hydroxylation sites is 1. The van der Waals surface area contributed by atoms with E-state index in [2.05, 4.69) is 0 Å². The first-order valence-electron chi connectivity index (χ1n) is 4.00. The van der Waals surface area contributed by atoms with E-state index < -0.39 is 7.32 Å². The van der Waals surface area contributed by atoms with Crippen LogP contribution >= 0.6 is 0 Å². The average Bonchev–Trinajstić information content (AvgIpc) is 2.05. The van der Waals surface area contributed by atoms with Gasteiger partial charge in [0.05, 0.1) is 0 Å². The number of nitrogens with two attached hydrogens (primary N) is 1. The van der Waals surface area contributed by atoms with Crippen molar-refractivity contribution in [2.24, 2.45) is 0 Å². The van der Waals surface area contributed by atoms with Gasteiger partial charge in [0.15, 0.2) is 0 Å². The first-order chi connectivity index (χ1) is 6.54. The van der Waals surface area contributed by atoms with Crippen LogP contribution in [0.4, 0.5) is 5.69 Å². The summed E-state index contributed by atoms with van der Waals surface area (Å²) in [6.07, 6.45) is 0. The van der Waals surface area contributed by atoms with Crippen molar-refractivity contribution in [2.45, 2.75) is 6.92 Å². The van der Waals surface area contributed by atoms with Crippen LogP contribution in [0.3, 0.4) is 0 Å². The number of rotatable bonds is 0. The molecule has 0 saturated heterocycles. The van der Waals surface area contributed by atoms with Crippen molar-refractivity contribution in [2.75, 3.05) is 12.3 Å². The minimum Gasteiger partial charge on any atom is -0.402 e. The fourth-order valence-electron chi connectivity index (χ4n) is 0.453. The van der Waals surface area contributed by atoms with Crippen LogP contribution in [0.5, 0.6) is 0 Å². The predicted molar refractivity (Wildman–Crippen MR) is 56.0 cm³/mol. The molecule has 0 fully saturated rings. The van der Waals surface area contributed by atoms with Crippen molar-refractivity contribution < 1.29 is 20.2 Å². The molecule has 0 aromatic heterocycles. The summed E-state index contributed by atoms with van der Waals surface area (Å²) in [6.45, 7) is 1.93. The fraction of sp³-hybridized carbons (Fsp3) is 0.250. The van der Waals surface area contributed by atoms with Crippen molar-refractivity contribution in [3.63, 3.8) is 0 Å². The summed E-state index contributed by atoms with van der Waals surface area (Å²) in [7, 11) is -2.17. The number of anilines is 1. The van der Waals surface area contributed by atoms with Crippen molar-refractivity contribution in [3.05, 3.63) is 30.3 Å². The van der Waals surface area contributed by atoms with Crippen LogP contribution in [0.25, 0.3) is 0 Å². The van der Waals surface area contributed by atoms with Crippen molar-refractivity contribution in [1.29, 1.82) is 0 Å². The molecule has 6 heteroatoms. The third kappa shape index (κ3) is 22.4. The Morgan fingerprint density at radius 1 is 1.14 bits per heavy atom. The van der Waals surface area contributed by atoms with Gasteiger partial charge >= 0.3 is 7.32 Å². The molecular weight excluding hydrogens is 185 g/mol. The lowest BCUT2D eigenvalue weighted by Gasteiger charge is -1.83. The zero-order chi connectivity index (χ0) is 11.4. The monoisotopic (exact) mass is 201 g/mol. The highest BCUT2D eigenvalue weighted by Crippen LogP contribution is 1.95. The Kier molecular flexibility index (Phi) is 13.1. The number of aliphatic hydroxyl groups is 1. The minimum atomic E-state index is -2.17. The summed E-state index contributed by atoms with van der Waals surface area (Å²) in [4.78, 5) is 0. The molecule has 0 aliphatic carbocycles. The van der Waals surface area contributed by atoms with Gasteiger partial charge in [-0.2, -0.15) is 0 Å². The van der Waals surface area contributed by atoms with E-state index in [9.17, 15) is 0 Å². The predicted octanol–water partition coefficient (Wildman–Crippen LogP) is -0.784. The number of benzene rings is 1. The molecule has 0 aliphatic heterocycles. The Morgan fingerprint density at radius 3 is 1.57 bits per heavy atom. The third-order valence-electron chi connectivity index (χ3n) is 0.800. The summed E-state index contributed by atoms with van der Waals surface area (Å²) >= 11 is 0. The van der Waals surface area contributed by atoms with Crippen LogP contribution < -0.4 is 5.73 Å². The molecule has 14 heavy (non-hydrogen) atoms. The minimum absolute atomic E-state index is 0.250. The maximum atomic E-state index is 7.57. The Balaban J connectivity index is 0. The van der Waals surface area contributed by atoms with Crippen molar-refractivity contribution in [1.82, 2.24) is 0 Å². The highest BCUT2D eigenvalue weighted by Gasteiger charge is 1.92. The van der Waals surface area contributed by atoms with Crippen LogP contribution in [0.2, 0.25) is 0 Å². The van der Waals surface area contributed by atoms with E-state index in [1.54, 1.807) is 6.92 Å². The standard InChI is InChI=1S/C6H7N.C2H6O.BH3O3/c7-6-4-2-1-3-5-6;1-2-3;2-1(3)4/h1-5H,7H2;3H,2H2,1H3;2-4H. The smallest absolute Gasteiger partial charge is 0.402 e. The summed E-state index contributed by atoms with van der Waals surface area (Å²) in [5, 5.41) is 29.1. The quantitative estimate of drug-likeness (QED) is 0.279. The molecule has 1 aromatic rings. The van der Waals surface area contributed by atoms with Gasteiger partial charge in [-0.15, -0.1) is 0 Å². The van der Waals surface area contributed by atoms with E-state index in [1.807, 2.05) is 30.3 Å². The second-order valence-corrected chi connectivity index (χ2v) is 2.07. The summed E-state index contributed by atoms with van der Waals surface area (Å²) < 4.78 is 0. The molecule has 0 aliphatic rings. The van der Waals surface area contributed by atoms with E-state index in [1.165, 1.54) is 0 Å². The van der Waals surface area contributed by atoms with Crippen LogP contribution in [-0.2, 0) is 0 Å². The fourth-order valence-corrected chi connectivity index (χ4v) is 0.453. The van der Waals surface area contributed by atoms with E-state index in [4.69, 9.17) is 25.9 Å². The van der Waals surface area contributed by atoms with Gasteiger partial charge in [-0.25, -0.2) is 0 Å². The molecule has 0 unspecified atom stereocenters. The second-order valence-electron chi connectivity index (χ2n) is 2.07. The molecule has 5 nitrogen and oxygen atoms in total. The third-order valence-corrected chi connectivity index (χ3v) is 0.800. The number of aliphatic hydroxyl groups excluding tert-OH is 1. The SMILES string of the molecule is CCO.Nc1ccccc1.OB(O)O. The molecule has 0 bridgehead atoms. The Hall–Kier alpha value is -1.08. The maximum Gasteiger partial charge on any atom is 0.631 e. The zero-order valence-electron chi connectivity index (χ0n) is 8.04. The van der Waals surface area contributed by atoms with Gasteiger partial charge in [0.1, 0.15) is 0 Å². The van der Waals surface area contributed by atoms with Crippen LogP contribution in [0.15, 0.2) is 30.3 Å².